The second-order valence-electron chi connectivity index (χ2n) is 6.95. The van der Waals surface area contributed by atoms with Crippen molar-refractivity contribution in [1.29, 1.82) is 0 Å². The van der Waals surface area contributed by atoms with Crippen LogP contribution in [-0.4, -0.2) is 59.4 Å². The highest BCUT2D eigenvalue weighted by molar-refractivity contribution is 6.30. The Kier molecular flexibility index (Phi) is 5.74. The van der Waals surface area contributed by atoms with E-state index in [1.165, 1.54) is 0 Å². The van der Waals surface area contributed by atoms with E-state index in [0.717, 1.165) is 36.2 Å². The molecule has 3 rings (SSSR count). The van der Waals surface area contributed by atoms with Crippen LogP contribution >= 0.6 is 11.6 Å². The number of hydrogen-bond donors (Lipinski definition) is 1. The molecule has 1 amide bonds. The number of halogens is 1. The summed E-state index contributed by atoms with van der Waals surface area (Å²) in [4.78, 5) is 25.0. The molecule has 1 fully saturated rings. The Balaban J connectivity index is 1.89. The molecule has 2 heterocycles. The molecule has 0 aliphatic carbocycles. The minimum Gasteiger partial charge on any atom is -0.368 e. The first kappa shape index (κ1) is 18.6. The van der Waals surface area contributed by atoms with E-state index in [9.17, 15) is 4.79 Å². The van der Waals surface area contributed by atoms with Gasteiger partial charge in [-0.05, 0) is 44.6 Å². The average molecular weight is 374 g/mol. The third kappa shape index (κ3) is 4.31. The predicted molar refractivity (Wildman–Crippen MR) is 104 cm³/mol. The molecule has 6 nitrogen and oxygen atoms in total. The zero-order valence-electron chi connectivity index (χ0n) is 15.2. The first-order valence-corrected chi connectivity index (χ1v) is 9.12. The van der Waals surface area contributed by atoms with Crippen molar-refractivity contribution in [2.24, 2.45) is 0 Å². The minimum atomic E-state index is 0.144. The number of benzene rings is 1. The van der Waals surface area contributed by atoms with Gasteiger partial charge in [0.1, 0.15) is 0 Å². The number of amides is 1. The molecule has 0 bridgehead atoms. The number of piperidine rings is 1. The van der Waals surface area contributed by atoms with Crippen LogP contribution < -0.4 is 5.73 Å². The molecule has 0 spiro atoms. The van der Waals surface area contributed by atoms with E-state index in [1.54, 1.807) is 6.20 Å². The van der Waals surface area contributed by atoms with Gasteiger partial charge in [-0.2, -0.15) is 0 Å². The molecule has 1 aromatic heterocycles. The number of rotatable bonds is 4. The van der Waals surface area contributed by atoms with Gasteiger partial charge >= 0.3 is 0 Å². The van der Waals surface area contributed by atoms with Crippen molar-refractivity contribution >= 4 is 23.5 Å². The van der Waals surface area contributed by atoms with Gasteiger partial charge in [-0.3, -0.25) is 4.79 Å². The quantitative estimate of drug-likeness (QED) is 0.891. The summed E-state index contributed by atoms with van der Waals surface area (Å²) in [5.41, 5.74) is 8.72. The molecule has 2 N–H and O–H groups in total. The van der Waals surface area contributed by atoms with Crippen molar-refractivity contribution in [1.82, 2.24) is 19.8 Å². The van der Waals surface area contributed by atoms with Gasteiger partial charge in [0.15, 0.2) is 0 Å². The van der Waals surface area contributed by atoms with E-state index in [2.05, 4.69) is 9.97 Å². The fourth-order valence-corrected chi connectivity index (χ4v) is 3.50. The molecule has 1 saturated heterocycles. The van der Waals surface area contributed by atoms with Crippen LogP contribution in [0, 0.1) is 0 Å². The lowest BCUT2D eigenvalue weighted by molar-refractivity contribution is -0.133. The standard InChI is InChI=1S/C19H24ClN5O/c1-24(2)12-17(26)25-9-3-4-14(11-25)18-16(10-22-19(21)23-18)13-5-7-15(20)8-6-13/h5-8,10,14H,3-4,9,11-12H2,1-2H3,(H2,21,22,23)/t14-/m0/s1. The largest absolute Gasteiger partial charge is 0.368 e. The second kappa shape index (κ2) is 8.01. The number of aromatic nitrogens is 2. The molecule has 0 saturated carbocycles. The minimum absolute atomic E-state index is 0.144. The summed E-state index contributed by atoms with van der Waals surface area (Å²) in [5.74, 6) is 0.551. The van der Waals surface area contributed by atoms with Crippen LogP contribution in [0.2, 0.25) is 5.02 Å². The average Bonchev–Trinajstić information content (AvgIpc) is 2.62. The number of nitrogen functional groups attached to an aromatic ring is 1. The molecule has 1 atom stereocenters. The maximum atomic E-state index is 12.5. The first-order valence-electron chi connectivity index (χ1n) is 8.75. The summed E-state index contributed by atoms with van der Waals surface area (Å²) in [6.45, 7) is 1.87. The number of carbonyl (C=O) groups excluding carboxylic acids is 1. The molecule has 1 aliphatic heterocycles. The van der Waals surface area contributed by atoms with Gasteiger partial charge in [-0.15, -0.1) is 0 Å². The molecular formula is C19H24ClN5O. The van der Waals surface area contributed by atoms with Crippen molar-refractivity contribution in [3.05, 3.63) is 41.2 Å². The molecule has 138 valence electrons. The van der Waals surface area contributed by atoms with Gasteiger partial charge in [0, 0.05) is 35.8 Å². The third-order valence-corrected chi connectivity index (χ3v) is 4.86. The highest BCUT2D eigenvalue weighted by Gasteiger charge is 2.28. The Hall–Kier alpha value is -2.18. The van der Waals surface area contributed by atoms with Crippen LogP contribution in [0.25, 0.3) is 11.1 Å². The molecule has 26 heavy (non-hydrogen) atoms. The Morgan fingerprint density at radius 2 is 2.08 bits per heavy atom. The van der Waals surface area contributed by atoms with Crippen LogP contribution in [0.15, 0.2) is 30.5 Å². The fourth-order valence-electron chi connectivity index (χ4n) is 3.37. The van der Waals surface area contributed by atoms with Crippen LogP contribution in [0.4, 0.5) is 5.95 Å². The number of hydrogen-bond acceptors (Lipinski definition) is 5. The van der Waals surface area contributed by atoms with Crippen molar-refractivity contribution in [2.75, 3.05) is 39.5 Å². The van der Waals surface area contributed by atoms with Gasteiger partial charge in [-0.1, -0.05) is 23.7 Å². The highest BCUT2D eigenvalue weighted by atomic mass is 35.5. The second-order valence-corrected chi connectivity index (χ2v) is 7.39. The number of nitrogens with two attached hydrogens (primary N) is 1. The topological polar surface area (TPSA) is 75.4 Å². The summed E-state index contributed by atoms with van der Waals surface area (Å²) in [6, 6.07) is 7.62. The van der Waals surface area contributed by atoms with E-state index in [-0.39, 0.29) is 17.8 Å². The Morgan fingerprint density at radius 1 is 1.35 bits per heavy atom. The van der Waals surface area contributed by atoms with Crippen molar-refractivity contribution in [3.63, 3.8) is 0 Å². The maximum Gasteiger partial charge on any atom is 0.236 e. The molecule has 0 radical (unpaired) electrons. The molecular weight excluding hydrogens is 350 g/mol. The Bertz CT molecular complexity index is 778. The zero-order valence-corrected chi connectivity index (χ0v) is 15.9. The van der Waals surface area contributed by atoms with Crippen molar-refractivity contribution in [3.8, 4) is 11.1 Å². The molecule has 1 aliphatic rings. The van der Waals surface area contributed by atoms with Gasteiger partial charge in [0.25, 0.3) is 0 Å². The van der Waals surface area contributed by atoms with E-state index < -0.39 is 0 Å². The number of carbonyl (C=O) groups is 1. The lowest BCUT2D eigenvalue weighted by atomic mass is 9.90. The lowest BCUT2D eigenvalue weighted by Gasteiger charge is -2.34. The van der Waals surface area contributed by atoms with E-state index in [1.807, 2.05) is 48.2 Å². The SMILES string of the molecule is CN(C)CC(=O)N1CCC[C@H](c2nc(N)ncc2-c2ccc(Cl)cc2)C1. The summed E-state index contributed by atoms with van der Waals surface area (Å²) >= 11 is 6.01. The Labute approximate surface area is 159 Å². The van der Waals surface area contributed by atoms with Crippen molar-refractivity contribution < 1.29 is 4.79 Å². The summed E-state index contributed by atoms with van der Waals surface area (Å²) in [6.07, 6.45) is 3.69. The smallest absolute Gasteiger partial charge is 0.236 e. The number of nitrogens with zero attached hydrogens (tertiary/aromatic N) is 4. The highest BCUT2D eigenvalue weighted by Crippen LogP contribution is 2.33. The number of anilines is 1. The maximum absolute atomic E-state index is 12.5. The van der Waals surface area contributed by atoms with Crippen LogP contribution in [0.5, 0.6) is 0 Å². The first-order chi connectivity index (χ1) is 12.4. The van der Waals surface area contributed by atoms with Gasteiger partial charge in [0.2, 0.25) is 11.9 Å². The van der Waals surface area contributed by atoms with Crippen LogP contribution in [0.1, 0.15) is 24.5 Å². The molecule has 1 aromatic carbocycles. The van der Waals surface area contributed by atoms with Gasteiger partial charge in [-0.25, -0.2) is 9.97 Å². The van der Waals surface area contributed by atoms with Crippen LogP contribution in [-0.2, 0) is 4.79 Å². The molecule has 2 aromatic rings. The van der Waals surface area contributed by atoms with E-state index in [4.69, 9.17) is 17.3 Å². The zero-order chi connectivity index (χ0) is 18.7. The summed E-state index contributed by atoms with van der Waals surface area (Å²) in [7, 11) is 3.81. The molecule has 7 heteroatoms. The van der Waals surface area contributed by atoms with E-state index in [0.29, 0.717) is 18.1 Å². The predicted octanol–water partition coefficient (Wildman–Crippen LogP) is 2.65. The summed E-state index contributed by atoms with van der Waals surface area (Å²) in [5, 5.41) is 0.685. The van der Waals surface area contributed by atoms with Crippen molar-refractivity contribution in [2.45, 2.75) is 18.8 Å². The van der Waals surface area contributed by atoms with Gasteiger partial charge in [0.05, 0.1) is 12.2 Å². The Morgan fingerprint density at radius 3 is 2.77 bits per heavy atom. The normalized spacial score (nSPS) is 17.5. The monoisotopic (exact) mass is 373 g/mol. The molecule has 0 unspecified atom stereocenters. The van der Waals surface area contributed by atoms with E-state index >= 15 is 0 Å². The van der Waals surface area contributed by atoms with Crippen LogP contribution in [0.3, 0.4) is 0 Å². The summed E-state index contributed by atoms with van der Waals surface area (Å²) < 4.78 is 0. The fraction of sp³-hybridized carbons (Fsp3) is 0.421. The third-order valence-electron chi connectivity index (χ3n) is 4.60. The number of likely N-dealkylation sites (N-methyl/N-ethyl adjacent to an activating group) is 1. The lowest BCUT2D eigenvalue weighted by Crippen LogP contribution is -2.43. The van der Waals surface area contributed by atoms with Gasteiger partial charge < -0.3 is 15.5 Å². The number of likely N-dealkylation sites (tertiary alicyclic amines) is 1.